The van der Waals surface area contributed by atoms with Crippen LogP contribution < -0.4 is 0 Å². The lowest BCUT2D eigenvalue weighted by molar-refractivity contribution is -0.136. The Labute approximate surface area is 89.9 Å². The predicted octanol–water partition coefficient (Wildman–Crippen LogP) is 1.38. The van der Waals surface area contributed by atoms with Crippen molar-refractivity contribution < 1.29 is 19.4 Å². The van der Waals surface area contributed by atoms with Gasteiger partial charge in [-0.3, -0.25) is 0 Å². The molecule has 1 heterocycles. The second kappa shape index (κ2) is 5.16. The molecule has 0 spiro atoms. The number of carbonyl (C=O) groups is 1. The lowest BCUT2D eigenvalue weighted by atomic mass is 10.1. The molecule has 0 saturated carbocycles. The van der Waals surface area contributed by atoms with Gasteiger partial charge < -0.3 is 14.6 Å². The molecule has 0 radical (unpaired) electrons. The molecular formula is C11H18O4. The first kappa shape index (κ1) is 12.0. The summed E-state index contributed by atoms with van der Waals surface area (Å²) in [4.78, 5) is 11.2. The highest BCUT2D eigenvalue weighted by atomic mass is 16.5. The van der Waals surface area contributed by atoms with Crippen LogP contribution in [0.5, 0.6) is 0 Å². The second-order valence-corrected chi connectivity index (χ2v) is 3.90. The third-order valence-corrected chi connectivity index (χ3v) is 2.52. The zero-order valence-electron chi connectivity index (χ0n) is 9.45. The number of ether oxygens (including phenoxy) is 2. The average molecular weight is 214 g/mol. The van der Waals surface area contributed by atoms with Gasteiger partial charge in [0.15, 0.2) is 0 Å². The summed E-state index contributed by atoms with van der Waals surface area (Å²) in [5.74, 6) is 0.357. The molecule has 1 N–H and O–H groups in total. The van der Waals surface area contributed by atoms with Crippen LogP contribution in [0, 0.1) is 0 Å². The van der Waals surface area contributed by atoms with Gasteiger partial charge in [0.25, 0.3) is 0 Å². The molecule has 0 aromatic heterocycles. The fourth-order valence-electron chi connectivity index (χ4n) is 1.70. The highest BCUT2D eigenvalue weighted by Crippen LogP contribution is 2.28. The molecule has 0 aromatic carbocycles. The maximum Gasteiger partial charge on any atom is 0.336 e. The summed E-state index contributed by atoms with van der Waals surface area (Å²) in [6.07, 6.45) is 1.87. The van der Waals surface area contributed by atoms with E-state index in [1.165, 1.54) is 7.11 Å². The standard InChI is InChI=1S/C11H18O4/c1-7(12)6-9-4-5-10(15-9)8(2)11(13)14-3/h7,9,12H,4-6H2,1-3H3/b10-8-/t7-,9+/m0/s1. The van der Waals surface area contributed by atoms with E-state index < -0.39 is 0 Å². The lowest BCUT2D eigenvalue weighted by Crippen LogP contribution is -2.14. The van der Waals surface area contributed by atoms with Crippen molar-refractivity contribution in [1.29, 1.82) is 0 Å². The molecule has 2 atom stereocenters. The summed E-state index contributed by atoms with van der Waals surface area (Å²) in [5, 5.41) is 9.21. The van der Waals surface area contributed by atoms with Crippen LogP contribution in [0.25, 0.3) is 0 Å². The molecule has 1 aliphatic heterocycles. The predicted molar refractivity (Wildman–Crippen MR) is 55.1 cm³/mol. The number of allylic oxidation sites excluding steroid dienone is 1. The van der Waals surface area contributed by atoms with Gasteiger partial charge in [-0.25, -0.2) is 4.79 Å². The molecule has 0 bridgehead atoms. The normalized spacial score (nSPS) is 25.7. The van der Waals surface area contributed by atoms with Crippen LogP contribution in [-0.4, -0.2) is 30.4 Å². The summed E-state index contributed by atoms with van der Waals surface area (Å²) < 4.78 is 10.2. The molecule has 15 heavy (non-hydrogen) atoms. The summed E-state index contributed by atoms with van der Waals surface area (Å²) in [7, 11) is 1.36. The van der Waals surface area contributed by atoms with Crippen LogP contribution in [0.1, 0.15) is 33.1 Å². The molecule has 0 aliphatic carbocycles. The van der Waals surface area contributed by atoms with Gasteiger partial charge in [0.1, 0.15) is 11.9 Å². The zero-order chi connectivity index (χ0) is 11.4. The van der Waals surface area contributed by atoms with Gasteiger partial charge in [-0.2, -0.15) is 0 Å². The van der Waals surface area contributed by atoms with E-state index in [9.17, 15) is 9.90 Å². The van der Waals surface area contributed by atoms with E-state index in [1.54, 1.807) is 13.8 Å². The minimum atomic E-state index is -0.368. The Kier molecular flexibility index (Phi) is 4.15. The van der Waals surface area contributed by atoms with Crippen molar-refractivity contribution in [2.24, 2.45) is 0 Å². The molecular weight excluding hydrogens is 196 g/mol. The van der Waals surface area contributed by atoms with Crippen molar-refractivity contribution in [2.45, 2.75) is 45.3 Å². The van der Waals surface area contributed by atoms with Crippen molar-refractivity contribution >= 4 is 5.97 Å². The zero-order valence-corrected chi connectivity index (χ0v) is 9.45. The number of aliphatic hydroxyl groups is 1. The van der Waals surface area contributed by atoms with Crippen molar-refractivity contribution in [3.8, 4) is 0 Å². The average Bonchev–Trinajstić information content (AvgIpc) is 2.63. The Morgan fingerprint density at radius 2 is 2.40 bits per heavy atom. The van der Waals surface area contributed by atoms with Crippen LogP contribution in [0.15, 0.2) is 11.3 Å². The molecule has 0 amide bonds. The van der Waals surface area contributed by atoms with E-state index in [-0.39, 0.29) is 18.2 Å². The third-order valence-electron chi connectivity index (χ3n) is 2.52. The van der Waals surface area contributed by atoms with Crippen molar-refractivity contribution in [2.75, 3.05) is 7.11 Å². The van der Waals surface area contributed by atoms with Gasteiger partial charge in [-0.1, -0.05) is 0 Å². The fourth-order valence-corrected chi connectivity index (χ4v) is 1.70. The number of methoxy groups -OCH3 is 1. The van der Waals surface area contributed by atoms with Gasteiger partial charge >= 0.3 is 5.97 Å². The molecule has 1 fully saturated rings. The van der Waals surface area contributed by atoms with Crippen LogP contribution in [0.2, 0.25) is 0 Å². The first-order chi connectivity index (χ1) is 7.04. The topological polar surface area (TPSA) is 55.8 Å². The summed E-state index contributed by atoms with van der Waals surface area (Å²) in [6, 6.07) is 0. The van der Waals surface area contributed by atoms with Crippen molar-refractivity contribution in [3.05, 3.63) is 11.3 Å². The highest BCUT2D eigenvalue weighted by molar-refractivity contribution is 5.88. The lowest BCUT2D eigenvalue weighted by Gasteiger charge is -2.13. The van der Waals surface area contributed by atoms with E-state index >= 15 is 0 Å². The molecule has 1 rings (SSSR count). The minimum absolute atomic E-state index is 0.0274. The Balaban J connectivity index is 2.58. The molecule has 1 saturated heterocycles. The number of hydrogen-bond acceptors (Lipinski definition) is 4. The number of carbonyl (C=O) groups excluding carboxylic acids is 1. The summed E-state index contributed by atoms with van der Waals surface area (Å²) in [5.41, 5.74) is 0.533. The minimum Gasteiger partial charge on any atom is -0.494 e. The van der Waals surface area contributed by atoms with E-state index in [1.807, 2.05) is 0 Å². The van der Waals surface area contributed by atoms with Gasteiger partial charge in [-0.15, -0.1) is 0 Å². The molecule has 4 heteroatoms. The van der Waals surface area contributed by atoms with E-state index in [0.717, 1.165) is 12.8 Å². The quantitative estimate of drug-likeness (QED) is 0.569. The van der Waals surface area contributed by atoms with Crippen LogP contribution >= 0.6 is 0 Å². The number of rotatable bonds is 3. The third kappa shape index (κ3) is 3.23. The van der Waals surface area contributed by atoms with E-state index in [0.29, 0.717) is 17.8 Å². The van der Waals surface area contributed by atoms with Crippen LogP contribution in [0.4, 0.5) is 0 Å². The molecule has 1 aliphatic rings. The second-order valence-electron chi connectivity index (χ2n) is 3.90. The fraction of sp³-hybridized carbons (Fsp3) is 0.727. The smallest absolute Gasteiger partial charge is 0.336 e. The van der Waals surface area contributed by atoms with Crippen LogP contribution in [-0.2, 0) is 14.3 Å². The molecule has 4 nitrogen and oxygen atoms in total. The van der Waals surface area contributed by atoms with Gasteiger partial charge in [0, 0.05) is 12.8 Å². The Hall–Kier alpha value is -1.03. The first-order valence-corrected chi connectivity index (χ1v) is 5.17. The Bertz CT molecular complexity index is 268. The van der Waals surface area contributed by atoms with Gasteiger partial charge in [0.05, 0.1) is 18.8 Å². The summed E-state index contributed by atoms with van der Waals surface area (Å²) in [6.45, 7) is 3.43. The van der Waals surface area contributed by atoms with Crippen molar-refractivity contribution in [1.82, 2.24) is 0 Å². The monoisotopic (exact) mass is 214 g/mol. The first-order valence-electron chi connectivity index (χ1n) is 5.17. The summed E-state index contributed by atoms with van der Waals surface area (Å²) >= 11 is 0. The Morgan fingerprint density at radius 1 is 1.73 bits per heavy atom. The highest BCUT2D eigenvalue weighted by Gasteiger charge is 2.25. The molecule has 0 unspecified atom stereocenters. The van der Waals surface area contributed by atoms with Gasteiger partial charge in [-0.05, 0) is 20.3 Å². The maximum absolute atomic E-state index is 11.2. The molecule has 0 aromatic rings. The number of esters is 1. The number of hydrogen-bond donors (Lipinski definition) is 1. The largest absolute Gasteiger partial charge is 0.494 e. The van der Waals surface area contributed by atoms with Crippen LogP contribution in [0.3, 0.4) is 0 Å². The SMILES string of the molecule is COC(=O)/C(C)=C1/CC[C@H](C[C@H](C)O)O1. The van der Waals surface area contributed by atoms with E-state index in [4.69, 9.17) is 4.74 Å². The van der Waals surface area contributed by atoms with Crippen molar-refractivity contribution in [3.63, 3.8) is 0 Å². The maximum atomic E-state index is 11.2. The number of aliphatic hydroxyl groups excluding tert-OH is 1. The van der Waals surface area contributed by atoms with Gasteiger partial charge in [0.2, 0.25) is 0 Å². The van der Waals surface area contributed by atoms with E-state index in [2.05, 4.69) is 4.74 Å². The molecule has 86 valence electrons. The Morgan fingerprint density at radius 3 is 2.93 bits per heavy atom.